The first kappa shape index (κ1) is 10.4. The molecule has 5 heteroatoms. The Labute approximate surface area is 85.4 Å². The molecule has 0 radical (unpaired) electrons. The fourth-order valence-electron chi connectivity index (χ4n) is 2.33. The van der Waals surface area contributed by atoms with Gasteiger partial charge in [0.25, 0.3) is 10.1 Å². The van der Waals surface area contributed by atoms with E-state index in [1.54, 1.807) is 0 Å². The molecule has 14 heavy (non-hydrogen) atoms. The Morgan fingerprint density at radius 1 is 1.21 bits per heavy atom. The average Bonchev–Trinajstić information content (AvgIpc) is 2.30. The van der Waals surface area contributed by atoms with Crippen LogP contribution in [0.3, 0.4) is 0 Å². The Morgan fingerprint density at radius 3 is 2.43 bits per heavy atom. The molecule has 0 N–H and O–H groups in total. The van der Waals surface area contributed by atoms with E-state index < -0.39 is 10.1 Å². The molecule has 4 nitrogen and oxygen atoms in total. The molecule has 0 aromatic heterocycles. The van der Waals surface area contributed by atoms with Crippen molar-refractivity contribution in [1.29, 1.82) is 0 Å². The second-order valence-electron chi connectivity index (χ2n) is 4.23. The molecule has 0 bridgehead atoms. The lowest BCUT2D eigenvalue weighted by atomic mass is 10.1. The standard InChI is InChI=1S/C9H17NO3S/c1-14(11,12)13-9-5-2-4-8(9)10-6-3-7-10/h8-9H,2-7H2,1H3/t8-,9-/m1/s1. The van der Waals surface area contributed by atoms with Gasteiger partial charge >= 0.3 is 0 Å². The van der Waals surface area contributed by atoms with Crippen LogP contribution in [0.15, 0.2) is 0 Å². The van der Waals surface area contributed by atoms with Gasteiger partial charge in [-0.2, -0.15) is 8.42 Å². The lowest BCUT2D eigenvalue weighted by Crippen LogP contribution is -2.49. The van der Waals surface area contributed by atoms with Crippen molar-refractivity contribution in [3.8, 4) is 0 Å². The maximum absolute atomic E-state index is 11.0. The second kappa shape index (κ2) is 3.79. The van der Waals surface area contributed by atoms with Gasteiger partial charge in [0.05, 0.1) is 12.4 Å². The average molecular weight is 219 g/mol. The number of nitrogens with zero attached hydrogens (tertiary/aromatic N) is 1. The van der Waals surface area contributed by atoms with E-state index >= 15 is 0 Å². The van der Waals surface area contributed by atoms with Gasteiger partial charge in [0, 0.05) is 6.04 Å². The van der Waals surface area contributed by atoms with Gasteiger partial charge in [-0.15, -0.1) is 0 Å². The third-order valence-corrected chi connectivity index (χ3v) is 3.67. The minimum Gasteiger partial charge on any atom is -0.298 e. The van der Waals surface area contributed by atoms with Crippen molar-refractivity contribution in [3.05, 3.63) is 0 Å². The first-order valence-corrected chi connectivity index (χ1v) is 7.00. The fraction of sp³-hybridized carbons (Fsp3) is 1.00. The maximum Gasteiger partial charge on any atom is 0.264 e. The molecule has 0 amide bonds. The van der Waals surface area contributed by atoms with E-state index in [1.165, 1.54) is 6.42 Å². The highest BCUT2D eigenvalue weighted by Gasteiger charge is 2.36. The third-order valence-electron chi connectivity index (χ3n) is 3.08. The summed E-state index contributed by atoms with van der Waals surface area (Å²) in [4.78, 5) is 2.34. The van der Waals surface area contributed by atoms with E-state index in [-0.39, 0.29) is 6.10 Å². The van der Waals surface area contributed by atoms with Crippen molar-refractivity contribution >= 4 is 10.1 Å². The Hall–Kier alpha value is -0.130. The van der Waals surface area contributed by atoms with Crippen LogP contribution in [0.4, 0.5) is 0 Å². The molecule has 1 saturated heterocycles. The van der Waals surface area contributed by atoms with Gasteiger partial charge in [-0.25, -0.2) is 0 Å². The van der Waals surface area contributed by atoms with Crippen molar-refractivity contribution in [2.24, 2.45) is 0 Å². The molecule has 1 aliphatic heterocycles. The monoisotopic (exact) mass is 219 g/mol. The smallest absolute Gasteiger partial charge is 0.264 e. The van der Waals surface area contributed by atoms with Crippen molar-refractivity contribution < 1.29 is 12.6 Å². The highest BCUT2D eigenvalue weighted by Crippen LogP contribution is 2.30. The Kier molecular flexibility index (Phi) is 2.81. The minimum atomic E-state index is -3.28. The molecular formula is C9H17NO3S. The zero-order chi connectivity index (χ0) is 10.2. The van der Waals surface area contributed by atoms with Gasteiger partial charge in [0.15, 0.2) is 0 Å². The summed E-state index contributed by atoms with van der Waals surface area (Å²) in [7, 11) is -3.28. The van der Waals surface area contributed by atoms with Crippen LogP contribution in [0, 0.1) is 0 Å². The summed E-state index contributed by atoms with van der Waals surface area (Å²) < 4.78 is 27.1. The summed E-state index contributed by atoms with van der Waals surface area (Å²) in [5.74, 6) is 0. The van der Waals surface area contributed by atoms with Crippen LogP contribution in [0.25, 0.3) is 0 Å². The molecule has 2 atom stereocenters. The lowest BCUT2D eigenvalue weighted by Gasteiger charge is -2.38. The van der Waals surface area contributed by atoms with Gasteiger partial charge in [0.1, 0.15) is 0 Å². The predicted octanol–water partition coefficient (Wildman–Crippen LogP) is 0.589. The number of hydrogen-bond donors (Lipinski definition) is 0. The summed E-state index contributed by atoms with van der Waals surface area (Å²) in [5.41, 5.74) is 0. The molecule has 0 aromatic carbocycles. The van der Waals surface area contributed by atoms with Crippen LogP contribution < -0.4 is 0 Å². The van der Waals surface area contributed by atoms with Crippen molar-refractivity contribution in [2.75, 3.05) is 19.3 Å². The first-order valence-electron chi connectivity index (χ1n) is 5.18. The predicted molar refractivity (Wildman–Crippen MR) is 53.5 cm³/mol. The van der Waals surface area contributed by atoms with Crippen LogP contribution >= 0.6 is 0 Å². The SMILES string of the molecule is CS(=O)(=O)O[C@@H]1CCC[C@H]1N1CCC1. The molecule has 2 fully saturated rings. The first-order chi connectivity index (χ1) is 6.56. The molecular weight excluding hydrogens is 202 g/mol. The van der Waals surface area contributed by atoms with Crippen molar-refractivity contribution in [2.45, 2.75) is 37.8 Å². The van der Waals surface area contributed by atoms with Gasteiger partial charge < -0.3 is 0 Å². The fourth-order valence-corrected chi connectivity index (χ4v) is 3.01. The molecule has 82 valence electrons. The van der Waals surface area contributed by atoms with Gasteiger partial charge in [-0.3, -0.25) is 9.08 Å². The van der Waals surface area contributed by atoms with Crippen molar-refractivity contribution in [1.82, 2.24) is 4.90 Å². The van der Waals surface area contributed by atoms with Crippen LogP contribution in [0.5, 0.6) is 0 Å². The summed E-state index contributed by atoms with van der Waals surface area (Å²) in [6.07, 6.45) is 5.33. The topological polar surface area (TPSA) is 46.6 Å². The molecule has 0 unspecified atom stereocenters. The van der Waals surface area contributed by atoms with Gasteiger partial charge in [-0.05, 0) is 38.8 Å². The van der Waals surface area contributed by atoms with E-state index in [2.05, 4.69) is 4.90 Å². The summed E-state index contributed by atoms with van der Waals surface area (Å²) in [6.45, 7) is 2.21. The Balaban J connectivity index is 1.96. The van der Waals surface area contributed by atoms with Crippen LogP contribution in [-0.2, 0) is 14.3 Å². The quantitative estimate of drug-likeness (QED) is 0.652. The molecule has 1 saturated carbocycles. The molecule has 1 aliphatic carbocycles. The minimum absolute atomic E-state index is 0.0923. The third kappa shape index (κ3) is 2.27. The van der Waals surface area contributed by atoms with Crippen molar-refractivity contribution in [3.63, 3.8) is 0 Å². The summed E-state index contributed by atoms with van der Waals surface area (Å²) in [5, 5.41) is 0. The van der Waals surface area contributed by atoms with Crippen LogP contribution in [0.1, 0.15) is 25.7 Å². The summed E-state index contributed by atoms with van der Waals surface area (Å²) >= 11 is 0. The Bertz CT molecular complexity index is 297. The normalized spacial score (nSPS) is 34.4. The largest absolute Gasteiger partial charge is 0.298 e. The van der Waals surface area contributed by atoms with E-state index in [0.29, 0.717) is 6.04 Å². The number of likely N-dealkylation sites (tertiary alicyclic amines) is 1. The zero-order valence-electron chi connectivity index (χ0n) is 8.48. The second-order valence-corrected chi connectivity index (χ2v) is 5.83. The lowest BCUT2D eigenvalue weighted by molar-refractivity contribution is 0.0507. The molecule has 2 aliphatic rings. The van der Waals surface area contributed by atoms with E-state index in [4.69, 9.17) is 4.18 Å². The van der Waals surface area contributed by atoms with Crippen LogP contribution in [-0.4, -0.2) is 44.8 Å². The maximum atomic E-state index is 11.0. The molecule has 1 heterocycles. The summed E-state index contributed by atoms with van der Waals surface area (Å²) in [6, 6.07) is 0.346. The molecule has 0 spiro atoms. The number of hydrogen-bond acceptors (Lipinski definition) is 4. The van der Waals surface area contributed by atoms with Crippen LogP contribution in [0.2, 0.25) is 0 Å². The van der Waals surface area contributed by atoms with E-state index in [0.717, 1.165) is 38.6 Å². The molecule has 0 aromatic rings. The van der Waals surface area contributed by atoms with E-state index in [9.17, 15) is 8.42 Å². The molecule has 2 rings (SSSR count). The zero-order valence-corrected chi connectivity index (χ0v) is 9.29. The highest BCUT2D eigenvalue weighted by atomic mass is 32.2. The Morgan fingerprint density at radius 2 is 1.93 bits per heavy atom. The van der Waals surface area contributed by atoms with Gasteiger partial charge in [0.2, 0.25) is 0 Å². The van der Waals surface area contributed by atoms with E-state index in [1.807, 2.05) is 0 Å². The highest BCUT2D eigenvalue weighted by molar-refractivity contribution is 7.86. The number of rotatable bonds is 3. The van der Waals surface area contributed by atoms with Gasteiger partial charge in [-0.1, -0.05) is 0 Å².